The summed E-state index contributed by atoms with van der Waals surface area (Å²) in [7, 11) is -3.70. The zero-order valence-corrected chi connectivity index (χ0v) is 10.7. The number of nitrogens with one attached hydrogen (secondary N) is 1. The standard InChI is InChI=1S/C12H14N2O3S/c1-9-4-2-3-5-11(9)14-18(15,16)12-7-6-10(8-13)17-12/h2-7,14H,8,13H2,1H3. The summed E-state index contributed by atoms with van der Waals surface area (Å²) >= 11 is 0. The van der Waals surface area contributed by atoms with Gasteiger partial charge in [-0.1, -0.05) is 18.2 Å². The van der Waals surface area contributed by atoms with Crippen LogP contribution < -0.4 is 10.5 Å². The summed E-state index contributed by atoms with van der Waals surface area (Å²) in [5.74, 6) is 0.431. The number of para-hydroxylation sites is 1. The summed E-state index contributed by atoms with van der Waals surface area (Å²) in [5.41, 5.74) is 6.74. The van der Waals surface area contributed by atoms with E-state index in [9.17, 15) is 8.42 Å². The van der Waals surface area contributed by atoms with Crippen LogP contribution in [-0.2, 0) is 16.6 Å². The first kappa shape index (κ1) is 12.7. The number of anilines is 1. The van der Waals surface area contributed by atoms with E-state index in [2.05, 4.69) is 4.72 Å². The highest BCUT2D eigenvalue weighted by atomic mass is 32.2. The lowest BCUT2D eigenvalue weighted by Gasteiger charge is -2.08. The summed E-state index contributed by atoms with van der Waals surface area (Å²) in [4.78, 5) is 0. The maximum atomic E-state index is 12.0. The van der Waals surface area contributed by atoms with E-state index in [-0.39, 0.29) is 11.6 Å². The van der Waals surface area contributed by atoms with Crippen LogP contribution in [0.5, 0.6) is 0 Å². The van der Waals surface area contributed by atoms with Crippen LogP contribution in [0.2, 0.25) is 0 Å². The predicted octanol–water partition coefficient (Wildman–Crippen LogP) is 1.85. The van der Waals surface area contributed by atoms with Crippen molar-refractivity contribution in [3.05, 3.63) is 47.7 Å². The van der Waals surface area contributed by atoms with E-state index < -0.39 is 10.0 Å². The Bertz CT molecular complexity index is 647. The highest BCUT2D eigenvalue weighted by molar-refractivity contribution is 7.92. The monoisotopic (exact) mass is 266 g/mol. The van der Waals surface area contributed by atoms with Gasteiger partial charge in [0.15, 0.2) is 0 Å². The highest BCUT2D eigenvalue weighted by Crippen LogP contribution is 2.20. The Labute approximate surface area is 106 Å². The van der Waals surface area contributed by atoms with Crippen LogP contribution in [0.3, 0.4) is 0 Å². The third-order valence-corrected chi connectivity index (χ3v) is 3.73. The van der Waals surface area contributed by atoms with Crippen LogP contribution in [0.4, 0.5) is 5.69 Å². The quantitative estimate of drug-likeness (QED) is 0.884. The third kappa shape index (κ3) is 2.55. The molecular weight excluding hydrogens is 252 g/mol. The van der Waals surface area contributed by atoms with Crippen LogP contribution in [0.1, 0.15) is 11.3 Å². The van der Waals surface area contributed by atoms with E-state index in [1.54, 1.807) is 18.2 Å². The summed E-state index contributed by atoms with van der Waals surface area (Å²) in [6, 6.07) is 10.1. The molecule has 0 saturated heterocycles. The Morgan fingerprint density at radius 1 is 1.22 bits per heavy atom. The number of rotatable bonds is 4. The molecule has 96 valence electrons. The van der Waals surface area contributed by atoms with Crippen LogP contribution in [0.15, 0.2) is 45.9 Å². The van der Waals surface area contributed by atoms with Gasteiger partial charge in [-0.15, -0.1) is 0 Å². The van der Waals surface area contributed by atoms with Crippen molar-refractivity contribution in [1.29, 1.82) is 0 Å². The molecular formula is C12H14N2O3S. The molecule has 0 saturated carbocycles. The molecule has 0 atom stereocenters. The van der Waals surface area contributed by atoms with Gasteiger partial charge < -0.3 is 10.2 Å². The Morgan fingerprint density at radius 2 is 1.94 bits per heavy atom. The zero-order valence-electron chi connectivity index (χ0n) is 9.88. The summed E-state index contributed by atoms with van der Waals surface area (Å²) in [5, 5.41) is -0.133. The van der Waals surface area contributed by atoms with Crippen LogP contribution in [0, 0.1) is 6.92 Å². The van der Waals surface area contributed by atoms with Gasteiger partial charge in [-0.2, -0.15) is 8.42 Å². The molecule has 0 fully saturated rings. The van der Waals surface area contributed by atoms with Gasteiger partial charge in [0.25, 0.3) is 10.0 Å². The number of aryl methyl sites for hydroxylation is 1. The van der Waals surface area contributed by atoms with Gasteiger partial charge in [-0.25, -0.2) is 0 Å². The van der Waals surface area contributed by atoms with Crippen molar-refractivity contribution in [3.8, 4) is 0 Å². The largest absolute Gasteiger partial charge is 0.446 e. The van der Waals surface area contributed by atoms with Crippen molar-refractivity contribution in [2.24, 2.45) is 5.73 Å². The molecule has 0 aliphatic rings. The molecule has 2 rings (SSSR count). The van der Waals surface area contributed by atoms with E-state index in [1.165, 1.54) is 6.07 Å². The minimum absolute atomic E-state index is 0.133. The molecule has 3 N–H and O–H groups in total. The molecule has 0 radical (unpaired) electrons. The predicted molar refractivity (Wildman–Crippen MR) is 68.6 cm³/mol. The lowest BCUT2D eigenvalue weighted by Crippen LogP contribution is -2.12. The van der Waals surface area contributed by atoms with E-state index in [0.717, 1.165) is 5.56 Å². The third-order valence-electron chi connectivity index (χ3n) is 2.49. The normalized spacial score (nSPS) is 11.4. The fourth-order valence-corrected chi connectivity index (χ4v) is 2.58. The van der Waals surface area contributed by atoms with Crippen molar-refractivity contribution in [3.63, 3.8) is 0 Å². The van der Waals surface area contributed by atoms with E-state index in [1.807, 2.05) is 19.1 Å². The Balaban J connectivity index is 2.30. The summed E-state index contributed by atoms with van der Waals surface area (Å²) < 4.78 is 31.7. The molecule has 0 aliphatic carbocycles. The molecule has 1 heterocycles. The van der Waals surface area contributed by atoms with Gasteiger partial charge in [0.05, 0.1) is 12.2 Å². The first-order valence-electron chi connectivity index (χ1n) is 5.40. The van der Waals surface area contributed by atoms with E-state index in [0.29, 0.717) is 11.4 Å². The number of hydrogen-bond acceptors (Lipinski definition) is 4. The van der Waals surface area contributed by atoms with Crippen LogP contribution in [-0.4, -0.2) is 8.42 Å². The zero-order chi connectivity index (χ0) is 13.2. The minimum atomic E-state index is -3.70. The maximum absolute atomic E-state index is 12.0. The maximum Gasteiger partial charge on any atom is 0.295 e. The summed E-state index contributed by atoms with van der Waals surface area (Å²) in [6.07, 6.45) is 0. The van der Waals surface area contributed by atoms with E-state index in [4.69, 9.17) is 10.2 Å². The SMILES string of the molecule is Cc1ccccc1NS(=O)(=O)c1ccc(CN)o1. The average Bonchev–Trinajstić information content (AvgIpc) is 2.81. The second kappa shape index (κ2) is 4.83. The van der Waals surface area contributed by atoms with Crippen molar-refractivity contribution in [1.82, 2.24) is 0 Å². The molecule has 0 amide bonds. The smallest absolute Gasteiger partial charge is 0.295 e. The van der Waals surface area contributed by atoms with Crippen molar-refractivity contribution in [2.75, 3.05) is 4.72 Å². The second-order valence-corrected chi connectivity index (χ2v) is 5.46. The minimum Gasteiger partial charge on any atom is -0.446 e. The van der Waals surface area contributed by atoms with Gasteiger partial charge in [-0.05, 0) is 30.7 Å². The molecule has 1 aromatic carbocycles. The first-order chi connectivity index (χ1) is 8.53. The number of sulfonamides is 1. The average molecular weight is 266 g/mol. The molecule has 0 unspecified atom stereocenters. The highest BCUT2D eigenvalue weighted by Gasteiger charge is 2.19. The Morgan fingerprint density at radius 3 is 2.56 bits per heavy atom. The van der Waals surface area contributed by atoms with Crippen molar-refractivity contribution in [2.45, 2.75) is 18.6 Å². The fourth-order valence-electron chi connectivity index (χ4n) is 1.49. The number of hydrogen-bond donors (Lipinski definition) is 2. The number of benzene rings is 1. The molecule has 6 heteroatoms. The fraction of sp³-hybridized carbons (Fsp3) is 0.167. The van der Waals surface area contributed by atoms with Gasteiger partial charge in [-0.3, -0.25) is 4.72 Å². The van der Waals surface area contributed by atoms with Crippen LogP contribution in [0.25, 0.3) is 0 Å². The lowest BCUT2D eigenvalue weighted by molar-refractivity contribution is 0.417. The van der Waals surface area contributed by atoms with Gasteiger partial charge >= 0.3 is 0 Å². The molecule has 2 aromatic rings. The molecule has 18 heavy (non-hydrogen) atoms. The van der Waals surface area contributed by atoms with Gasteiger partial charge in [0.2, 0.25) is 5.09 Å². The van der Waals surface area contributed by atoms with Crippen molar-refractivity contribution < 1.29 is 12.8 Å². The molecule has 1 aromatic heterocycles. The van der Waals surface area contributed by atoms with Gasteiger partial charge in [0, 0.05) is 0 Å². The molecule has 0 spiro atoms. The van der Waals surface area contributed by atoms with Gasteiger partial charge in [0.1, 0.15) is 5.76 Å². The molecule has 5 nitrogen and oxygen atoms in total. The Hall–Kier alpha value is -1.79. The lowest BCUT2D eigenvalue weighted by atomic mass is 10.2. The van der Waals surface area contributed by atoms with Crippen molar-refractivity contribution >= 4 is 15.7 Å². The first-order valence-corrected chi connectivity index (χ1v) is 6.88. The second-order valence-electron chi connectivity index (χ2n) is 3.85. The molecule has 0 bridgehead atoms. The number of furan rings is 1. The Kier molecular flexibility index (Phi) is 3.40. The molecule has 0 aliphatic heterocycles. The van der Waals surface area contributed by atoms with E-state index >= 15 is 0 Å². The summed E-state index contributed by atoms with van der Waals surface area (Å²) in [6.45, 7) is 1.99. The number of nitrogens with two attached hydrogens (primary N) is 1. The van der Waals surface area contributed by atoms with Crippen LogP contribution >= 0.6 is 0 Å². The topological polar surface area (TPSA) is 85.3 Å².